The van der Waals surface area contributed by atoms with E-state index in [2.05, 4.69) is 34.1 Å². The van der Waals surface area contributed by atoms with E-state index in [4.69, 9.17) is 0 Å². The second kappa shape index (κ2) is 7.47. The number of nitrogens with zero attached hydrogens (tertiary/aromatic N) is 2. The summed E-state index contributed by atoms with van der Waals surface area (Å²) < 4.78 is 0. The van der Waals surface area contributed by atoms with E-state index in [0.717, 1.165) is 34.5 Å². The van der Waals surface area contributed by atoms with E-state index in [9.17, 15) is 4.79 Å². The summed E-state index contributed by atoms with van der Waals surface area (Å²) >= 11 is 0. The van der Waals surface area contributed by atoms with Gasteiger partial charge in [-0.3, -0.25) is 9.78 Å². The number of para-hydroxylation sites is 2. The van der Waals surface area contributed by atoms with Crippen LogP contribution in [0.2, 0.25) is 0 Å². The van der Waals surface area contributed by atoms with E-state index >= 15 is 0 Å². The molecule has 0 spiro atoms. The number of aromatic amines is 1. The fourth-order valence-electron chi connectivity index (χ4n) is 2.85. The molecule has 3 aromatic rings. The maximum atomic E-state index is 12.5. The van der Waals surface area contributed by atoms with Crippen molar-refractivity contribution >= 4 is 16.9 Å². The first-order valence-electron chi connectivity index (χ1n) is 8.72. The summed E-state index contributed by atoms with van der Waals surface area (Å²) in [4.78, 5) is 24.8. The maximum absolute atomic E-state index is 12.5. The molecule has 0 saturated carbocycles. The number of carbonyl (C=O) groups excluding carboxylic acids is 1. The quantitative estimate of drug-likeness (QED) is 0.721. The highest BCUT2D eigenvalue weighted by molar-refractivity contribution is 5.79. The Kier molecular flexibility index (Phi) is 5.12. The zero-order valence-electron chi connectivity index (χ0n) is 14.9. The van der Waals surface area contributed by atoms with Crippen LogP contribution in [-0.4, -0.2) is 20.9 Å². The van der Waals surface area contributed by atoms with Crippen molar-refractivity contribution in [2.24, 2.45) is 5.92 Å². The number of fused-ring (bicyclic) bond motifs is 1. The van der Waals surface area contributed by atoms with E-state index in [0.29, 0.717) is 6.42 Å². The van der Waals surface area contributed by atoms with Crippen LogP contribution in [0.25, 0.3) is 11.0 Å². The normalized spacial score (nSPS) is 13.6. The van der Waals surface area contributed by atoms with Crippen LogP contribution in [0.4, 0.5) is 0 Å². The van der Waals surface area contributed by atoms with Gasteiger partial charge >= 0.3 is 0 Å². The van der Waals surface area contributed by atoms with Crippen molar-refractivity contribution in [2.45, 2.75) is 39.7 Å². The van der Waals surface area contributed by atoms with Crippen LogP contribution < -0.4 is 5.32 Å². The molecule has 0 bridgehead atoms. The molecule has 2 aromatic heterocycles. The second-order valence-electron chi connectivity index (χ2n) is 6.55. The van der Waals surface area contributed by atoms with Gasteiger partial charge in [-0.1, -0.05) is 38.5 Å². The minimum atomic E-state index is -0.136. The van der Waals surface area contributed by atoms with Gasteiger partial charge in [0.25, 0.3) is 0 Å². The number of H-pyrrole nitrogens is 1. The predicted molar refractivity (Wildman–Crippen MR) is 99.1 cm³/mol. The van der Waals surface area contributed by atoms with Crippen molar-refractivity contribution in [2.75, 3.05) is 0 Å². The van der Waals surface area contributed by atoms with E-state index in [1.807, 2.05) is 43.3 Å². The SMILES string of the molecule is CC[C@H](C)[C@@H](NC(=O)Cc1ccc(C)nc1)c1nc2ccccc2[nH]1. The number of benzene rings is 1. The van der Waals surface area contributed by atoms with Crippen molar-refractivity contribution in [3.05, 3.63) is 59.7 Å². The average molecular weight is 336 g/mol. The first kappa shape index (κ1) is 17.1. The zero-order chi connectivity index (χ0) is 17.8. The lowest BCUT2D eigenvalue weighted by Crippen LogP contribution is -2.34. The smallest absolute Gasteiger partial charge is 0.225 e. The van der Waals surface area contributed by atoms with Gasteiger partial charge in [0.2, 0.25) is 5.91 Å². The molecule has 25 heavy (non-hydrogen) atoms. The lowest BCUT2D eigenvalue weighted by Gasteiger charge is -2.22. The molecule has 5 nitrogen and oxygen atoms in total. The fraction of sp³-hybridized carbons (Fsp3) is 0.350. The van der Waals surface area contributed by atoms with Gasteiger partial charge in [-0.15, -0.1) is 0 Å². The van der Waals surface area contributed by atoms with Crippen LogP contribution in [-0.2, 0) is 11.2 Å². The first-order valence-corrected chi connectivity index (χ1v) is 8.72. The highest BCUT2D eigenvalue weighted by Gasteiger charge is 2.23. The van der Waals surface area contributed by atoms with Crippen molar-refractivity contribution < 1.29 is 4.79 Å². The third-order valence-electron chi connectivity index (χ3n) is 4.57. The van der Waals surface area contributed by atoms with E-state index in [1.165, 1.54) is 0 Å². The summed E-state index contributed by atoms with van der Waals surface area (Å²) in [5.74, 6) is 1.07. The van der Waals surface area contributed by atoms with Crippen LogP contribution in [0.5, 0.6) is 0 Å². The standard InChI is InChI=1S/C20H24N4O/c1-4-13(2)19(20-22-16-7-5-6-8-17(16)23-20)24-18(25)11-15-10-9-14(3)21-12-15/h5-10,12-13,19H,4,11H2,1-3H3,(H,22,23)(H,24,25)/t13-,19+/m0/s1. The molecule has 5 heteroatoms. The molecular formula is C20H24N4O. The predicted octanol–water partition coefficient (Wildman–Crippen LogP) is 3.71. The van der Waals surface area contributed by atoms with Gasteiger partial charge in [0.15, 0.2) is 0 Å². The molecule has 0 radical (unpaired) electrons. The Bertz CT molecular complexity index is 821. The largest absolute Gasteiger partial charge is 0.346 e. The van der Waals surface area contributed by atoms with Crippen LogP contribution >= 0.6 is 0 Å². The summed E-state index contributed by atoms with van der Waals surface area (Å²) in [6, 6.07) is 11.7. The molecule has 0 fully saturated rings. The highest BCUT2D eigenvalue weighted by Crippen LogP contribution is 2.24. The first-order chi connectivity index (χ1) is 12.1. The number of rotatable bonds is 6. The molecule has 3 rings (SSSR count). The molecular weight excluding hydrogens is 312 g/mol. The summed E-state index contributed by atoms with van der Waals surface area (Å²) in [6.45, 7) is 6.19. The lowest BCUT2D eigenvalue weighted by molar-refractivity contribution is -0.121. The van der Waals surface area contributed by atoms with Crippen molar-refractivity contribution in [3.63, 3.8) is 0 Å². The monoisotopic (exact) mass is 336 g/mol. The molecule has 0 unspecified atom stereocenters. The Morgan fingerprint density at radius 2 is 2.04 bits per heavy atom. The number of imidazole rings is 1. The Hall–Kier alpha value is -2.69. The third-order valence-corrected chi connectivity index (χ3v) is 4.57. The van der Waals surface area contributed by atoms with Crippen LogP contribution in [0, 0.1) is 12.8 Å². The van der Waals surface area contributed by atoms with Crippen LogP contribution in [0.1, 0.15) is 43.4 Å². The number of hydrogen-bond acceptors (Lipinski definition) is 3. The number of hydrogen-bond donors (Lipinski definition) is 2. The molecule has 2 N–H and O–H groups in total. The molecule has 1 aromatic carbocycles. The Morgan fingerprint density at radius 1 is 1.24 bits per heavy atom. The molecule has 2 atom stereocenters. The van der Waals surface area contributed by atoms with Gasteiger partial charge in [-0.25, -0.2) is 4.98 Å². The van der Waals surface area contributed by atoms with E-state index < -0.39 is 0 Å². The molecule has 2 heterocycles. The number of amides is 1. The van der Waals surface area contributed by atoms with Crippen molar-refractivity contribution in [1.82, 2.24) is 20.3 Å². The van der Waals surface area contributed by atoms with Gasteiger partial charge in [0.05, 0.1) is 23.5 Å². The topological polar surface area (TPSA) is 70.7 Å². The minimum Gasteiger partial charge on any atom is -0.346 e. The van der Waals surface area contributed by atoms with Gasteiger partial charge < -0.3 is 10.3 Å². The number of aryl methyl sites for hydroxylation is 1. The maximum Gasteiger partial charge on any atom is 0.225 e. The van der Waals surface area contributed by atoms with Gasteiger partial charge in [0.1, 0.15) is 5.82 Å². The molecule has 0 aliphatic rings. The number of nitrogens with one attached hydrogen (secondary N) is 2. The molecule has 0 aliphatic heterocycles. The highest BCUT2D eigenvalue weighted by atomic mass is 16.1. The summed E-state index contributed by atoms with van der Waals surface area (Å²) in [5, 5.41) is 3.15. The van der Waals surface area contributed by atoms with Crippen molar-refractivity contribution in [3.8, 4) is 0 Å². The average Bonchev–Trinajstić information content (AvgIpc) is 3.04. The second-order valence-corrected chi connectivity index (χ2v) is 6.55. The van der Waals surface area contributed by atoms with Crippen LogP contribution in [0.3, 0.4) is 0 Å². The lowest BCUT2D eigenvalue weighted by atomic mass is 9.98. The Labute approximate surface area is 147 Å². The number of aromatic nitrogens is 3. The minimum absolute atomic E-state index is 0.0172. The summed E-state index contributed by atoms with van der Waals surface area (Å²) in [6.07, 6.45) is 3.03. The van der Waals surface area contributed by atoms with Gasteiger partial charge in [-0.2, -0.15) is 0 Å². The van der Waals surface area contributed by atoms with Crippen LogP contribution in [0.15, 0.2) is 42.6 Å². The van der Waals surface area contributed by atoms with Gasteiger partial charge in [-0.05, 0) is 36.6 Å². The molecule has 0 saturated heterocycles. The Balaban J connectivity index is 1.78. The molecule has 130 valence electrons. The zero-order valence-corrected chi connectivity index (χ0v) is 14.9. The molecule has 1 amide bonds. The van der Waals surface area contributed by atoms with Crippen molar-refractivity contribution in [1.29, 1.82) is 0 Å². The van der Waals surface area contributed by atoms with E-state index in [-0.39, 0.29) is 17.9 Å². The summed E-state index contributed by atoms with van der Waals surface area (Å²) in [7, 11) is 0. The fourth-order valence-corrected chi connectivity index (χ4v) is 2.85. The summed E-state index contributed by atoms with van der Waals surface area (Å²) in [5.41, 5.74) is 3.77. The number of carbonyl (C=O) groups is 1. The Morgan fingerprint density at radius 3 is 2.72 bits per heavy atom. The van der Waals surface area contributed by atoms with E-state index in [1.54, 1.807) is 6.20 Å². The number of pyridine rings is 1. The van der Waals surface area contributed by atoms with Gasteiger partial charge in [0, 0.05) is 11.9 Å². The molecule has 0 aliphatic carbocycles. The third kappa shape index (κ3) is 4.05.